The number of hydrogen-bond donors (Lipinski definition) is 3. The first-order valence-corrected chi connectivity index (χ1v) is 25.2. The van der Waals surface area contributed by atoms with Crippen molar-refractivity contribution in [1.29, 1.82) is 0 Å². The average molecular weight is 953 g/mol. The number of halogens is 1. The third-order valence-corrected chi connectivity index (χ3v) is 15.8. The van der Waals surface area contributed by atoms with Crippen molar-refractivity contribution in [3.05, 3.63) is 77.7 Å². The number of phenolic OH excluding ortho intramolecular Hbond substituents is 1. The van der Waals surface area contributed by atoms with Gasteiger partial charge in [-0.25, -0.2) is 4.39 Å². The van der Waals surface area contributed by atoms with E-state index in [2.05, 4.69) is 49.1 Å². The summed E-state index contributed by atoms with van der Waals surface area (Å²) in [4.78, 5) is 76.7. The van der Waals surface area contributed by atoms with Gasteiger partial charge < -0.3 is 34.8 Å². The highest BCUT2D eigenvalue weighted by Gasteiger charge is 2.47. The van der Waals surface area contributed by atoms with Crippen LogP contribution in [0, 0.1) is 17.2 Å². The number of piperidine rings is 2. The van der Waals surface area contributed by atoms with Gasteiger partial charge in [-0.2, -0.15) is 9.97 Å². The largest absolute Gasteiger partial charge is 0.508 e. The van der Waals surface area contributed by atoms with Crippen molar-refractivity contribution in [2.75, 3.05) is 81.9 Å². The number of anilines is 2. The fourth-order valence-corrected chi connectivity index (χ4v) is 11.5. The quantitative estimate of drug-likeness (QED) is 0.122. The van der Waals surface area contributed by atoms with Gasteiger partial charge in [-0.15, -0.1) is 0 Å². The summed E-state index contributed by atoms with van der Waals surface area (Å²) in [5, 5.41) is 18.8. The minimum Gasteiger partial charge on any atom is -0.508 e. The van der Waals surface area contributed by atoms with E-state index in [0.29, 0.717) is 53.5 Å². The van der Waals surface area contributed by atoms with Crippen LogP contribution in [0.2, 0.25) is 0 Å². The molecular weight excluding hydrogens is 892 g/mol. The number of benzene rings is 3. The van der Waals surface area contributed by atoms with Gasteiger partial charge in [0, 0.05) is 101 Å². The Morgan fingerprint density at radius 2 is 1.56 bits per heavy atom. The molecule has 6 aliphatic rings. The van der Waals surface area contributed by atoms with E-state index in [0.717, 1.165) is 112 Å². The third kappa shape index (κ3) is 8.80. The Hall–Kier alpha value is -6.30. The molecule has 0 bridgehead atoms. The Bertz CT molecular complexity index is 2870. The summed E-state index contributed by atoms with van der Waals surface area (Å²) in [6, 6.07) is 15.8. The molecule has 1 saturated carbocycles. The van der Waals surface area contributed by atoms with Crippen LogP contribution in [-0.4, -0.2) is 149 Å². The molecule has 70 heavy (non-hydrogen) atoms. The molecule has 3 atom stereocenters. The number of nitrogens with zero attached hydrogens (tertiary/aromatic N) is 8. The Balaban J connectivity index is 0.729. The third-order valence-electron chi connectivity index (χ3n) is 15.8. The molecule has 3 N–H and O–H groups in total. The first-order valence-electron chi connectivity index (χ1n) is 25.2. The maximum Gasteiger partial charge on any atom is 0.319 e. The van der Waals surface area contributed by atoms with Crippen LogP contribution in [0.3, 0.4) is 0 Å². The lowest BCUT2D eigenvalue weighted by Gasteiger charge is -2.40. The molecule has 3 unspecified atom stereocenters. The summed E-state index contributed by atoms with van der Waals surface area (Å²) in [6.07, 6.45) is 7.77. The van der Waals surface area contributed by atoms with Gasteiger partial charge in [0.05, 0.1) is 28.8 Å². The fourth-order valence-electron chi connectivity index (χ4n) is 11.5. The summed E-state index contributed by atoms with van der Waals surface area (Å²) >= 11 is 0. The normalized spacial score (nSPS) is 23.4. The molecule has 5 aromatic rings. The van der Waals surface area contributed by atoms with E-state index in [-0.39, 0.29) is 53.3 Å². The molecule has 5 aliphatic heterocycles. The highest BCUT2D eigenvalue weighted by atomic mass is 19.1. The number of amides is 4. The predicted molar refractivity (Wildman–Crippen MR) is 263 cm³/mol. The van der Waals surface area contributed by atoms with Gasteiger partial charge in [0.1, 0.15) is 28.8 Å². The average Bonchev–Trinajstić information content (AvgIpc) is 4.10. The SMILES string of the molecule is CCC1CN(c2nc(OCC3(CN4CCN(CC5CCN(c6cccc7c6C(=O)N(C6CCC(=O)NC6=O)C7=O)CC5)CC4)CC3)nc3c(F)c(-c4cc(O)cc5ccccc45)ncc23)CC(CC)N1. The molecule has 1 aliphatic carbocycles. The molecule has 16 nitrogen and oxygen atoms in total. The number of imide groups is 2. The van der Waals surface area contributed by atoms with E-state index in [1.54, 1.807) is 30.5 Å². The highest BCUT2D eigenvalue weighted by molar-refractivity contribution is 6.25. The molecule has 5 fully saturated rings. The summed E-state index contributed by atoms with van der Waals surface area (Å²) in [6.45, 7) is 13.5. The number of carbonyl (C=O) groups is 4. The van der Waals surface area contributed by atoms with Crippen molar-refractivity contribution in [1.82, 2.24) is 40.3 Å². The number of aromatic hydroxyl groups is 1. The zero-order valence-electron chi connectivity index (χ0n) is 40.0. The van der Waals surface area contributed by atoms with Crippen LogP contribution in [0.1, 0.15) is 85.9 Å². The van der Waals surface area contributed by atoms with E-state index in [4.69, 9.17) is 14.7 Å². The molecule has 0 radical (unpaired) electrons. The van der Waals surface area contributed by atoms with Gasteiger partial charge in [0.15, 0.2) is 5.82 Å². The summed E-state index contributed by atoms with van der Waals surface area (Å²) in [5.41, 5.74) is 2.12. The summed E-state index contributed by atoms with van der Waals surface area (Å²) in [5.74, 6) is -1.36. The van der Waals surface area contributed by atoms with Crippen LogP contribution in [0.25, 0.3) is 32.9 Å². The van der Waals surface area contributed by atoms with E-state index < -0.39 is 35.5 Å². The predicted octanol–water partition coefficient (Wildman–Crippen LogP) is 5.75. The zero-order valence-corrected chi connectivity index (χ0v) is 40.0. The van der Waals surface area contributed by atoms with Crippen LogP contribution < -0.4 is 25.2 Å². The number of hydrogen-bond acceptors (Lipinski definition) is 14. The van der Waals surface area contributed by atoms with Gasteiger partial charge in [0.2, 0.25) is 11.8 Å². The molecule has 3 aromatic carbocycles. The van der Waals surface area contributed by atoms with Crippen LogP contribution >= 0.6 is 0 Å². The Morgan fingerprint density at radius 3 is 2.29 bits per heavy atom. The van der Waals surface area contributed by atoms with Crippen molar-refractivity contribution in [3.8, 4) is 23.0 Å². The highest BCUT2D eigenvalue weighted by Crippen LogP contribution is 2.47. The molecule has 0 spiro atoms. The maximum absolute atomic E-state index is 17.1. The number of ether oxygens (including phenoxy) is 1. The van der Waals surface area contributed by atoms with Gasteiger partial charge in [0.25, 0.3) is 11.8 Å². The summed E-state index contributed by atoms with van der Waals surface area (Å²) < 4.78 is 23.6. The first-order chi connectivity index (χ1) is 34.0. The molecule has 11 rings (SSSR count). The number of aromatic nitrogens is 3. The van der Waals surface area contributed by atoms with E-state index in [9.17, 15) is 24.3 Å². The lowest BCUT2D eigenvalue weighted by atomic mass is 9.94. The molecule has 17 heteroatoms. The van der Waals surface area contributed by atoms with Crippen molar-refractivity contribution in [2.24, 2.45) is 11.3 Å². The Morgan fingerprint density at radius 1 is 0.814 bits per heavy atom. The van der Waals surface area contributed by atoms with Crippen LogP contribution in [0.15, 0.2) is 60.8 Å². The monoisotopic (exact) mass is 952 g/mol. The second-order valence-corrected chi connectivity index (χ2v) is 20.5. The minimum atomic E-state index is -0.989. The molecule has 4 amide bonds. The van der Waals surface area contributed by atoms with Crippen LogP contribution in [-0.2, 0) is 9.59 Å². The topological polar surface area (TPSA) is 177 Å². The van der Waals surface area contributed by atoms with Crippen molar-refractivity contribution in [3.63, 3.8) is 0 Å². The number of nitrogens with one attached hydrogen (secondary N) is 2. The maximum atomic E-state index is 17.1. The number of phenols is 1. The number of piperazine rings is 2. The first kappa shape index (κ1) is 46.1. The molecule has 7 heterocycles. The molecule has 4 saturated heterocycles. The molecule has 2 aromatic heterocycles. The van der Waals surface area contributed by atoms with Gasteiger partial charge in [-0.3, -0.25) is 34.4 Å². The minimum absolute atomic E-state index is 0.0319. The number of carbonyl (C=O) groups excluding carboxylic acids is 4. The lowest BCUT2D eigenvalue weighted by Crippen LogP contribution is -2.56. The van der Waals surface area contributed by atoms with E-state index in [1.165, 1.54) is 0 Å². The fraction of sp³-hybridized carbons (Fsp3) is 0.491. The zero-order chi connectivity index (χ0) is 48.3. The standard InChI is InChI=1S/C53H61FN10O6/c1-3-34-28-63(29-35(4-2)56-34)48-40-26-55-46(39-25-36(65)24-33-8-5-6-9-37(33)39)45(54)47(40)58-52(59-48)70-31-53(16-17-53)30-61-22-20-60(21-23-61)27-32-14-18-62(19-15-32)41-11-7-10-38-44(41)51(69)64(50(38)68)42-12-13-43(66)57-49(42)67/h5-11,24-26,32,34-35,42,56,65H,3-4,12-23,27-31H2,1-2H3,(H,57,66,67). The number of rotatable bonds is 13. The van der Waals surface area contributed by atoms with Gasteiger partial charge >= 0.3 is 6.01 Å². The number of pyridine rings is 1. The van der Waals surface area contributed by atoms with E-state index >= 15 is 4.39 Å². The van der Waals surface area contributed by atoms with Crippen LogP contribution in [0.5, 0.6) is 11.8 Å². The number of fused-ring (bicyclic) bond motifs is 3. The van der Waals surface area contributed by atoms with Crippen molar-refractivity contribution >= 4 is 56.8 Å². The van der Waals surface area contributed by atoms with Crippen LogP contribution in [0.4, 0.5) is 15.9 Å². The van der Waals surface area contributed by atoms with Gasteiger partial charge in [-0.1, -0.05) is 44.2 Å². The van der Waals surface area contributed by atoms with Gasteiger partial charge in [-0.05, 0) is 85.9 Å². The smallest absolute Gasteiger partial charge is 0.319 e. The second-order valence-electron chi connectivity index (χ2n) is 20.5. The van der Waals surface area contributed by atoms with Crippen molar-refractivity contribution in [2.45, 2.75) is 83.3 Å². The lowest BCUT2D eigenvalue weighted by molar-refractivity contribution is -0.136. The molecular formula is C53H61FN10O6. The van der Waals surface area contributed by atoms with E-state index in [1.807, 2.05) is 30.3 Å². The Kier molecular flexibility index (Phi) is 12.4. The second kappa shape index (κ2) is 18.8. The summed E-state index contributed by atoms with van der Waals surface area (Å²) in [7, 11) is 0. The molecule has 366 valence electrons. The van der Waals surface area contributed by atoms with Crippen molar-refractivity contribution < 1.29 is 33.4 Å². The Labute approximate surface area is 406 Å².